The highest BCUT2D eigenvalue weighted by Crippen LogP contribution is 2.17. The van der Waals surface area contributed by atoms with Crippen LogP contribution in [0.5, 0.6) is 5.75 Å². The molecule has 0 bridgehead atoms. The Morgan fingerprint density at radius 3 is 2.48 bits per heavy atom. The van der Waals surface area contributed by atoms with Crippen molar-refractivity contribution < 1.29 is 17.9 Å². The van der Waals surface area contributed by atoms with Crippen molar-refractivity contribution in [2.24, 2.45) is 0 Å². The maximum Gasteiger partial charge on any atom is 0.265 e. The van der Waals surface area contributed by atoms with Crippen LogP contribution in [-0.4, -0.2) is 20.9 Å². The lowest BCUT2D eigenvalue weighted by atomic mass is 10.1. The summed E-state index contributed by atoms with van der Waals surface area (Å²) in [6.07, 6.45) is 0. The molecule has 0 aliphatic rings. The van der Waals surface area contributed by atoms with Crippen molar-refractivity contribution in [3.05, 3.63) is 59.2 Å². The van der Waals surface area contributed by atoms with Crippen molar-refractivity contribution in [1.29, 1.82) is 0 Å². The molecule has 5 nitrogen and oxygen atoms in total. The fourth-order valence-electron chi connectivity index (χ4n) is 2.01. The van der Waals surface area contributed by atoms with Crippen molar-refractivity contribution in [3.63, 3.8) is 0 Å². The van der Waals surface area contributed by atoms with E-state index >= 15 is 0 Å². The first-order valence-electron chi connectivity index (χ1n) is 7.21. The molecule has 6 heteroatoms. The van der Waals surface area contributed by atoms with E-state index in [1.807, 2.05) is 20.8 Å². The maximum atomic E-state index is 12.3. The number of ether oxygens (including phenoxy) is 1. The minimum absolute atomic E-state index is 0.0647. The topological polar surface area (TPSA) is 72.5 Å². The minimum Gasteiger partial charge on any atom is -0.494 e. The van der Waals surface area contributed by atoms with E-state index in [-0.39, 0.29) is 10.5 Å². The zero-order valence-corrected chi connectivity index (χ0v) is 14.1. The van der Waals surface area contributed by atoms with Crippen LogP contribution in [0, 0.1) is 13.8 Å². The van der Waals surface area contributed by atoms with E-state index in [2.05, 4.69) is 4.72 Å². The fraction of sp³-hybridized carbons (Fsp3) is 0.235. The Morgan fingerprint density at radius 2 is 1.83 bits per heavy atom. The van der Waals surface area contributed by atoms with E-state index < -0.39 is 15.9 Å². The molecular formula is C17H19NO4S. The number of carbonyl (C=O) groups excluding carboxylic acids is 1. The van der Waals surface area contributed by atoms with E-state index in [0.29, 0.717) is 12.4 Å². The van der Waals surface area contributed by atoms with Crippen LogP contribution in [0.1, 0.15) is 28.4 Å². The standard InChI is InChI=1S/C17H19NO4S/c1-4-22-15-7-5-6-14(11-15)17(19)18-23(20,21)16-9-8-12(2)13(3)10-16/h5-11H,4H2,1-3H3,(H,18,19). The predicted octanol–water partition coefficient (Wildman–Crippen LogP) is 2.82. The summed E-state index contributed by atoms with van der Waals surface area (Å²) >= 11 is 0. The van der Waals surface area contributed by atoms with E-state index in [1.54, 1.807) is 24.3 Å². The van der Waals surface area contributed by atoms with Gasteiger partial charge in [0.25, 0.3) is 15.9 Å². The maximum absolute atomic E-state index is 12.3. The number of sulfonamides is 1. The molecule has 0 heterocycles. The van der Waals surface area contributed by atoms with Gasteiger partial charge >= 0.3 is 0 Å². The summed E-state index contributed by atoms with van der Waals surface area (Å²) in [7, 11) is -3.91. The summed E-state index contributed by atoms with van der Waals surface area (Å²) in [5.41, 5.74) is 2.06. The van der Waals surface area contributed by atoms with Gasteiger partial charge in [-0.25, -0.2) is 13.1 Å². The molecule has 0 aliphatic carbocycles. The highest BCUT2D eigenvalue weighted by molar-refractivity contribution is 7.90. The first-order chi connectivity index (χ1) is 10.8. The van der Waals surface area contributed by atoms with Crippen LogP contribution in [0.3, 0.4) is 0 Å². The second kappa shape index (κ2) is 6.83. The normalized spacial score (nSPS) is 11.1. The van der Waals surface area contributed by atoms with Crippen molar-refractivity contribution >= 4 is 15.9 Å². The Bertz CT molecular complexity index is 828. The van der Waals surface area contributed by atoms with Gasteiger partial charge in [0, 0.05) is 5.56 Å². The van der Waals surface area contributed by atoms with Gasteiger partial charge in [0.05, 0.1) is 11.5 Å². The lowest BCUT2D eigenvalue weighted by molar-refractivity contribution is 0.0981. The number of hydrogen-bond donors (Lipinski definition) is 1. The van der Waals surface area contributed by atoms with E-state index in [0.717, 1.165) is 11.1 Å². The van der Waals surface area contributed by atoms with E-state index in [4.69, 9.17) is 4.74 Å². The zero-order chi connectivity index (χ0) is 17.0. The molecule has 0 saturated heterocycles. The van der Waals surface area contributed by atoms with Gasteiger partial charge < -0.3 is 4.74 Å². The van der Waals surface area contributed by atoms with Crippen LogP contribution in [0.25, 0.3) is 0 Å². The molecule has 0 spiro atoms. The van der Waals surface area contributed by atoms with Crippen LogP contribution in [0.2, 0.25) is 0 Å². The third-order valence-electron chi connectivity index (χ3n) is 3.42. The molecule has 0 atom stereocenters. The number of amides is 1. The van der Waals surface area contributed by atoms with Crippen molar-refractivity contribution in [1.82, 2.24) is 4.72 Å². The number of nitrogens with one attached hydrogen (secondary N) is 1. The number of benzene rings is 2. The Balaban J connectivity index is 2.24. The highest BCUT2D eigenvalue weighted by Gasteiger charge is 2.19. The third-order valence-corrected chi connectivity index (χ3v) is 4.75. The second-order valence-corrected chi connectivity index (χ2v) is 6.82. The summed E-state index contributed by atoms with van der Waals surface area (Å²) in [4.78, 5) is 12.3. The summed E-state index contributed by atoms with van der Waals surface area (Å²) < 4.78 is 32.0. The molecule has 2 aromatic carbocycles. The molecule has 0 saturated carbocycles. The lowest BCUT2D eigenvalue weighted by Crippen LogP contribution is -2.30. The molecule has 0 unspecified atom stereocenters. The molecule has 23 heavy (non-hydrogen) atoms. The molecule has 0 radical (unpaired) electrons. The van der Waals surface area contributed by atoms with Crippen LogP contribution in [0.15, 0.2) is 47.4 Å². The smallest absolute Gasteiger partial charge is 0.265 e. The summed E-state index contributed by atoms with van der Waals surface area (Å²) in [6.45, 7) is 6.01. The van der Waals surface area contributed by atoms with Gasteiger partial charge in [0.1, 0.15) is 5.75 Å². The van der Waals surface area contributed by atoms with Crippen LogP contribution >= 0.6 is 0 Å². The van der Waals surface area contributed by atoms with Crippen molar-refractivity contribution in [3.8, 4) is 5.75 Å². The predicted molar refractivity (Wildman–Crippen MR) is 88.2 cm³/mol. The Kier molecular flexibility index (Phi) is 5.05. The minimum atomic E-state index is -3.91. The van der Waals surface area contributed by atoms with Crippen molar-refractivity contribution in [2.75, 3.05) is 6.61 Å². The average Bonchev–Trinajstić information content (AvgIpc) is 2.50. The molecule has 0 fully saturated rings. The van der Waals surface area contributed by atoms with Gasteiger partial charge in [-0.1, -0.05) is 12.1 Å². The lowest BCUT2D eigenvalue weighted by Gasteiger charge is -2.10. The number of rotatable bonds is 5. The highest BCUT2D eigenvalue weighted by atomic mass is 32.2. The Morgan fingerprint density at radius 1 is 1.09 bits per heavy atom. The first kappa shape index (κ1) is 17.0. The van der Waals surface area contributed by atoms with Crippen LogP contribution < -0.4 is 9.46 Å². The van der Waals surface area contributed by atoms with Crippen molar-refractivity contribution in [2.45, 2.75) is 25.7 Å². The number of hydrogen-bond acceptors (Lipinski definition) is 4. The largest absolute Gasteiger partial charge is 0.494 e. The molecule has 2 aromatic rings. The molecule has 1 amide bonds. The monoisotopic (exact) mass is 333 g/mol. The molecule has 0 aliphatic heterocycles. The summed E-state index contributed by atoms with van der Waals surface area (Å²) in [5, 5.41) is 0. The summed E-state index contributed by atoms with van der Waals surface area (Å²) in [5.74, 6) is -0.173. The van der Waals surface area contributed by atoms with Gasteiger partial charge in [-0.15, -0.1) is 0 Å². The summed E-state index contributed by atoms with van der Waals surface area (Å²) in [6, 6.07) is 11.1. The van der Waals surface area contributed by atoms with Gasteiger partial charge in [0.15, 0.2) is 0 Å². The number of aryl methyl sites for hydroxylation is 2. The van der Waals surface area contributed by atoms with Gasteiger partial charge in [-0.05, 0) is 62.2 Å². The average molecular weight is 333 g/mol. The fourth-order valence-corrected chi connectivity index (χ4v) is 3.07. The van der Waals surface area contributed by atoms with Crippen LogP contribution in [0.4, 0.5) is 0 Å². The van der Waals surface area contributed by atoms with E-state index in [1.165, 1.54) is 18.2 Å². The molecular weight excluding hydrogens is 314 g/mol. The van der Waals surface area contributed by atoms with Crippen LogP contribution in [-0.2, 0) is 10.0 Å². The van der Waals surface area contributed by atoms with E-state index in [9.17, 15) is 13.2 Å². The first-order valence-corrected chi connectivity index (χ1v) is 8.69. The van der Waals surface area contributed by atoms with Gasteiger partial charge in [-0.2, -0.15) is 0 Å². The SMILES string of the molecule is CCOc1cccc(C(=O)NS(=O)(=O)c2ccc(C)c(C)c2)c1. The molecule has 2 rings (SSSR count). The Labute approximate surface area is 136 Å². The third kappa shape index (κ3) is 4.10. The molecule has 1 N–H and O–H groups in total. The Hall–Kier alpha value is -2.34. The van der Waals surface area contributed by atoms with Gasteiger partial charge in [0.2, 0.25) is 0 Å². The van der Waals surface area contributed by atoms with Gasteiger partial charge in [-0.3, -0.25) is 4.79 Å². The molecule has 0 aromatic heterocycles. The quantitative estimate of drug-likeness (QED) is 0.913. The molecule has 122 valence electrons. The zero-order valence-electron chi connectivity index (χ0n) is 13.3. The number of carbonyl (C=O) groups is 1. The second-order valence-electron chi connectivity index (χ2n) is 5.14.